The standard InChI is InChI=1S/C42H29NSi/c1-3-13-30(14-4-1)31-23-25-33(26-24-31)43(32-15-5-2-6-16-32)34-27-28-38-37-19-9-12-22-41(37)44(42(38)29-34)39-20-10-7-17-35(39)36-18-8-11-21-40(36)44/h1-29H. The van der Waals surface area contributed by atoms with E-state index in [1.807, 2.05) is 0 Å². The summed E-state index contributed by atoms with van der Waals surface area (Å²) >= 11 is 0. The number of anilines is 3. The van der Waals surface area contributed by atoms with Gasteiger partial charge in [0, 0.05) is 17.1 Å². The van der Waals surface area contributed by atoms with Gasteiger partial charge in [0.15, 0.2) is 8.07 Å². The molecule has 0 N–H and O–H groups in total. The molecule has 0 saturated heterocycles. The fourth-order valence-corrected chi connectivity index (χ4v) is 13.3. The Morgan fingerprint density at radius 3 is 1.27 bits per heavy atom. The van der Waals surface area contributed by atoms with Crippen molar-refractivity contribution in [3.05, 3.63) is 176 Å². The molecule has 0 saturated carbocycles. The van der Waals surface area contributed by atoms with E-state index in [9.17, 15) is 0 Å². The minimum absolute atomic E-state index is 1.15. The van der Waals surface area contributed by atoms with E-state index >= 15 is 0 Å². The first-order chi connectivity index (χ1) is 21.8. The van der Waals surface area contributed by atoms with Gasteiger partial charge in [-0.05, 0) is 90.5 Å². The smallest absolute Gasteiger partial charge is 0.182 e. The normalized spacial score (nSPS) is 13.2. The minimum atomic E-state index is -2.51. The number of rotatable bonds is 4. The molecule has 0 amide bonds. The van der Waals surface area contributed by atoms with Crippen molar-refractivity contribution in [2.24, 2.45) is 0 Å². The molecular formula is C42H29NSi. The van der Waals surface area contributed by atoms with Crippen molar-refractivity contribution >= 4 is 45.9 Å². The molecule has 0 aliphatic carbocycles. The van der Waals surface area contributed by atoms with Crippen LogP contribution in [0.3, 0.4) is 0 Å². The summed E-state index contributed by atoms with van der Waals surface area (Å²) in [6.07, 6.45) is 0. The van der Waals surface area contributed by atoms with Crippen LogP contribution in [0.15, 0.2) is 176 Å². The highest BCUT2D eigenvalue weighted by molar-refractivity contribution is 7.24. The van der Waals surface area contributed by atoms with Crippen LogP contribution in [0.25, 0.3) is 33.4 Å². The van der Waals surface area contributed by atoms with Crippen LogP contribution in [-0.2, 0) is 0 Å². The first-order valence-electron chi connectivity index (χ1n) is 15.3. The summed E-state index contributed by atoms with van der Waals surface area (Å²) in [4.78, 5) is 2.41. The van der Waals surface area contributed by atoms with Crippen LogP contribution in [0.1, 0.15) is 0 Å². The summed E-state index contributed by atoms with van der Waals surface area (Å²) in [6.45, 7) is 0. The van der Waals surface area contributed by atoms with Crippen LogP contribution in [0, 0.1) is 0 Å². The van der Waals surface area contributed by atoms with E-state index in [4.69, 9.17) is 0 Å². The van der Waals surface area contributed by atoms with Crippen LogP contribution in [0.5, 0.6) is 0 Å². The van der Waals surface area contributed by atoms with Crippen LogP contribution in [0.4, 0.5) is 17.1 Å². The van der Waals surface area contributed by atoms with Gasteiger partial charge in [-0.2, -0.15) is 0 Å². The summed E-state index contributed by atoms with van der Waals surface area (Å²) < 4.78 is 0. The van der Waals surface area contributed by atoms with E-state index in [2.05, 4.69) is 181 Å². The van der Waals surface area contributed by atoms with Crippen molar-refractivity contribution in [2.45, 2.75) is 0 Å². The highest BCUT2D eigenvalue weighted by Gasteiger charge is 2.53. The number of hydrogen-bond donors (Lipinski definition) is 0. The van der Waals surface area contributed by atoms with Crippen molar-refractivity contribution < 1.29 is 0 Å². The van der Waals surface area contributed by atoms with Crippen molar-refractivity contribution in [3.8, 4) is 33.4 Å². The Kier molecular flexibility index (Phi) is 5.59. The Balaban J connectivity index is 1.28. The topological polar surface area (TPSA) is 3.24 Å². The second-order valence-electron chi connectivity index (χ2n) is 11.7. The second-order valence-corrected chi connectivity index (χ2v) is 15.4. The maximum absolute atomic E-state index is 2.51. The van der Waals surface area contributed by atoms with Crippen molar-refractivity contribution in [2.75, 3.05) is 4.90 Å². The van der Waals surface area contributed by atoms with E-state index in [0.717, 1.165) is 11.4 Å². The largest absolute Gasteiger partial charge is 0.311 e. The molecule has 0 aromatic heterocycles. The van der Waals surface area contributed by atoms with Gasteiger partial charge in [-0.1, -0.05) is 140 Å². The van der Waals surface area contributed by atoms with E-state index in [1.54, 1.807) is 0 Å². The Morgan fingerprint density at radius 1 is 0.295 bits per heavy atom. The predicted molar refractivity (Wildman–Crippen MR) is 188 cm³/mol. The van der Waals surface area contributed by atoms with Gasteiger partial charge in [0.2, 0.25) is 0 Å². The molecule has 7 aromatic carbocycles. The average molecular weight is 576 g/mol. The second kappa shape index (κ2) is 9.80. The maximum Gasteiger partial charge on any atom is 0.182 e. The molecule has 0 unspecified atom stereocenters. The molecule has 0 fully saturated rings. The van der Waals surface area contributed by atoms with Gasteiger partial charge in [0.05, 0.1) is 0 Å². The first kappa shape index (κ1) is 25.1. The third-order valence-corrected chi connectivity index (χ3v) is 14.4. The SMILES string of the molecule is c1ccc(-c2ccc(N(c3ccccc3)c3ccc4c(c3)[Si]3(c5ccccc5-c5ccccc53)c3ccccc3-4)cc2)cc1. The van der Waals surface area contributed by atoms with Crippen LogP contribution in [0.2, 0.25) is 0 Å². The van der Waals surface area contributed by atoms with Gasteiger partial charge < -0.3 is 4.90 Å². The molecule has 2 aliphatic heterocycles. The fraction of sp³-hybridized carbons (Fsp3) is 0. The Hall–Kier alpha value is -5.44. The molecule has 0 bridgehead atoms. The van der Waals surface area contributed by atoms with E-state index < -0.39 is 8.07 Å². The Labute approximate surface area is 259 Å². The lowest BCUT2D eigenvalue weighted by Gasteiger charge is -2.30. The number of para-hydroxylation sites is 1. The minimum Gasteiger partial charge on any atom is -0.311 e. The summed E-state index contributed by atoms with van der Waals surface area (Å²) in [5, 5.41) is 5.99. The van der Waals surface area contributed by atoms with Gasteiger partial charge in [-0.15, -0.1) is 0 Å². The molecule has 9 rings (SSSR count). The molecule has 1 nitrogen and oxygen atoms in total. The lowest BCUT2D eigenvalue weighted by atomic mass is 10.0. The lowest BCUT2D eigenvalue weighted by Crippen LogP contribution is -2.70. The van der Waals surface area contributed by atoms with Gasteiger partial charge in [0.1, 0.15) is 0 Å². The molecule has 2 heteroatoms. The zero-order valence-electron chi connectivity index (χ0n) is 24.2. The van der Waals surface area contributed by atoms with Gasteiger partial charge in [-0.3, -0.25) is 0 Å². The monoisotopic (exact) mass is 575 g/mol. The van der Waals surface area contributed by atoms with Gasteiger partial charge in [0.25, 0.3) is 0 Å². The molecule has 0 atom stereocenters. The molecule has 2 heterocycles. The number of nitrogens with zero attached hydrogens (tertiary/aromatic N) is 1. The predicted octanol–water partition coefficient (Wildman–Crippen LogP) is 8.16. The average Bonchev–Trinajstić information content (AvgIpc) is 3.57. The van der Waals surface area contributed by atoms with Gasteiger partial charge >= 0.3 is 0 Å². The van der Waals surface area contributed by atoms with E-state index in [1.165, 1.54) is 59.8 Å². The molecule has 2 aliphatic rings. The van der Waals surface area contributed by atoms with Gasteiger partial charge in [-0.25, -0.2) is 0 Å². The summed E-state index contributed by atoms with van der Waals surface area (Å²) in [6, 6.07) is 65.0. The van der Waals surface area contributed by atoms with Crippen LogP contribution < -0.4 is 25.6 Å². The van der Waals surface area contributed by atoms with E-state index in [0.29, 0.717) is 0 Å². The highest BCUT2D eigenvalue weighted by Crippen LogP contribution is 2.40. The third kappa shape index (κ3) is 3.52. The van der Waals surface area contributed by atoms with Crippen LogP contribution >= 0.6 is 0 Å². The number of fused-ring (bicyclic) bond motifs is 10. The lowest BCUT2D eigenvalue weighted by molar-refractivity contribution is 1.29. The molecule has 206 valence electrons. The Morgan fingerprint density at radius 2 is 0.705 bits per heavy atom. The summed E-state index contributed by atoms with van der Waals surface area (Å²) in [7, 11) is -2.51. The molecule has 1 spiro atoms. The zero-order chi connectivity index (χ0) is 29.1. The molecule has 7 aromatic rings. The third-order valence-electron chi connectivity index (χ3n) is 9.49. The van der Waals surface area contributed by atoms with Crippen molar-refractivity contribution in [3.63, 3.8) is 0 Å². The quantitative estimate of drug-likeness (QED) is 0.191. The highest BCUT2D eigenvalue weighted by atomic mass is 28.3. The maximum atomic E-state index is 2.51. The summed E-state index contributed by atoms with van der Waals surface area (Å²) in [5.41, 5.74) is 11.5. The molecule has 44 heavy (non-hydrogen) atoms. The first-order valence-corrected chi connectivity index (χ1v) is 17.3. The van der Waals surface area contributed by atoms with Crippen molar-refractivity contribution in [1.82, 2.24) is 0 Å². The number of benzene rings is 7. The number of hydrogen-bond acceptors (Lipinski definition) is 1. The molecular weight excluding hydrogens is 547 g/mol. The van der Waals surface area contributed by atoms with Crippen molar-refractivity contribution in [1.29, 1.82) is 0 Å². The zero-order valence-corrected chi connectivity index (χ0v) is 25.2. The van der Waals surface area contributed by atoms with Crippen LogP contribution in [-0.4, -0.2) is 8.07 Å². The molecule has 0 radical (unpaired) electrons. The fourth-order valence-electron chi connectivity index (χ4n) is 7.68. The Bertz CT molecular complexity index is 2100. The summed E-state index contributed by atoms with van der Waals surface area (Å²) in [5.74, 6) is 0. The van der Waals surface area contributed by atoms with E-state index in [-0.39, 0.29) is 0 Å².